The summed E-state index contributed by atoms with van der Waals surface area (Å²) in [5.41, 5.74) is 2.66. The van der Waals surface area contributed by atoms with Crippen LogP contribution in [0.4, 0.5) is 0 Å². The standard InChI is InChI=1S/C15H15NO/c1-2-4-12-5-3-6-14(11-12)15(17)13-7-9-16-10-8-13/h3,5-11H,2,4H2,1H3. The molecule has 2 aromatic rings. The van der Waals surface area contributed by atoms with Gasteiger partial charge >= 0.3 is 0 Å². The minimum Gasteiger partial charge on any atom is -0.289 e. The molecule has 0 saturated heterocycles. The van der Waals surface area contributed by atoms with Crippen LogP contribution in [0.3, 0.4) is 0 Å². The first kappa shape index (κ1) is 11.5. The van der Waals surface area contributed by atoms with Crippen molar-refractivity contribution in [1.29, 1.82) is 0 Å². The van der Waals surface area contributed by atoms with Crippen molar-refractivity contribution in [2.24, 2.45) is 0 Å². The number of carbonyl (C=O) groups excluding carboxylic acids is 1. The molecule has 17 heavy (non-hydrogen) atoms. The highest BCUT2D eigenvalue weighted by Crippen LogP contribution is 2.12. The Kier molecular flexibility index (Phi) is 3.66. The Labute approximate surface area is 101 Å². The Morgan fingerprint density at radius 3 is 2.59 bits per heavy atom. The van der Waals surface area contributed by atoms with Gasteiger partial charge in [-0.15, -0.1) is 0 Å². The van der Waals surface area contributed by atoms with Crippen molar-refractivity contribution in [2.75, 3.05) is 0 Å². The van der Waals surface area contributed by atoms with Crippen molar-refractivity contribution in [3.05, 3.63) is 65.5 Å². The maximum Gasteiger partial charge on any atom is 0.193 e. The summed E-state index contributed by atoms with van der Waals surface area (Å²) in [6.07, 6.45) is 5.39. The highest BCUT2D eigenvalue weighted by atomic mass is 16.1. The summed E-state index contributed by atoms with van der Waals surface area (Å²) in [5.74, 6) is 0.0605. The number of aromatic nitrogens is 1. The maximum atomic E-state index is 12.2. The van der Waals surface area contributed by atoms with Gasteiger partial charge in [0.25, 0.3) is 0 Å². The molecule has 0 atom stereocenters. The van der Waals surface area contributed by atoms with Gasteiger partial charge in [-0.05, 0) is 30.2 Å². The lowest BCUT2D eigenvalue weighted by atomic mass is 10.0. The number of hydrogen-bond donors (Lipinski definition) is 0. The molecule has 0 bridgehead atoms. The molecule has 0 radical (unpaired) electrons. The molecule has 86 valence electrons. The fourth-order valence-corrected chi connectivity index (χ4v) is 1.83. The van der Waals surface area contributed by atoms with Gasteiger partial charge in [0.2, 0.25) is 0 Å². The first-order valence-electron chi connectivity index (χ1n) is 5.85. The van der Waals surface area contributed by atoms with E-state index in [9.17, 15) is 4.79 Å². The lowest BCUT2D eigenvalue weighted by molar-refractivity contribution is 0.103. The van der Waals surface area contributed by atoms with Gasteiger partial charge in [0.1, 0.15) is 0 Å². The summed E-state index contributed by atoms with van der Waals surface area (Å²) in [6.45, 7) is 2.14. The predicted molar refractivity (Wildman–Crippen MR) is 68.1 cm³/mol. The number of rotatable bonds is 4. The van der Waals surface area contributed by atoms with E-state index >= 15 is 0 Å². The van der Waals surface area contributed by atoms with E-state index < -0.39 is 0 Å². The summed E-state index contributed by atoms with van der Waals surface area (Å²) in [5, 5.41) is 0. The van der Waals surface area contributed by atoms with Crippen molar-refractivity contribution in [3.8, 4) is 0 Å². The van der Waals surface area contributed by atoms with Crippen molar-refractivity contribution in [3.63, 3.8) is 0 Å². The minimum atomic E-state index is 0.0605. The molecule has 2 heteroatoms. The van der Waals surface area contributed by atoms with Crippen LogP contribution in [0, 0.1) is 0 Å². The zero-order valence-corrected chi connectivity index (χ0v) is 9.89. The average Bonchev–Trinajstić information content (AvgIpc) is 2.40. The van der Waals surface area contributed by atoms with E-state index in [1.54, 1.807) is 24.5 Å². The number of nitrogens with zero attached hydrogens (tertiary/aromatic N) is 1. The third-order valence-electron chi connectivity index (χ3n) is 2.67. The molecule has 0 aliphatic rings. The SMILES string of the molecule is CCCc1cccc(C(=O)c2ccncc2)c1. The Morgan fingerprint density at radius 1 is 1.12 bits per heavy atom. The predicted octanol–water partition coefficient (Wildman–Crippen LogP) is 3.27. The first-order chi connectivity index (χ1) is 8.31. The van der Waals surface area contributed by atoms with E-state index in [0.29, 0.717) is 5.56 Å². The van der Waals surface area contributed by atoms with E-state index in [1.165, 1.54) is 5.56 Å². The van der Waals surface area contributed by atoms with Crippen LogP contribution in [-0.2, 0) is 6.42 Å². The quantitative estimate of drug-likeness (QED) is 0.747. The molecule has 0 aliphatic carbocycles. The average molecular weight is 225 g/mol. The fourth-order valence-electron chi connectivity index (χ4n) is 1.83. The summed E-state index contributed by atoms with van der Waals surface area (Å²) in [4.78, 5) is 16.1. The van der Waals surface area contributed by atoms with Gasteiger partial charge in [0.05, 0.1) is 0 Å². The molecule has 0 aliphatic heterocycles. The van der Waals surface area contributed by atoms with Gasteiger partial charge in [-0.1, -0.05) is 31.5 Å². The lowest BCUT2D eigenvalue weighted by Gasteiger charge is -2.03. The van der Waals surface area contributed by atoms with Crippen LogP contribution < -0.4 is 0 Å². The van der Waals surface area contributed by atoms with Crippen LogP contribution in [0.15, 0.2) is 48.8 Å². The molecule has 0 fully saturated rings. The number of hydrogen-bond acceptors (Lipinski definition) is 2. The topological polar surface area (TPSA) is 30.0 Å². The number of aryl methyl sites for hydroxylation is 1. The Balaban J connectivity index is 2.28. The molecular weight excluding hydrogens is 210 g/mol. The molecule has 2 rings (SSSR count). The Hall–Kier alpha value is -1.96. The van der Waals surface area contributed by atoms with E-state index in [1.807, 2.05) is 18.2 Å². The molecule has 1 aromatic carbocycles. The van der Waals surface area contributed by atoms with Crippen LogP contribution in [0.5, 0.6) is 0 Å². The van der Waals surface area contributed by atoms with E-state index in [0.717, 1.165) is 18.4 Å². The summed E-state index contributed by atoms with van der Waals surface area (Å²) in [7, 11) is 0. The Bertz CT molecular complexity index is 505. The zero-order chi connectivity index (χ0) is 12.1. The van der Waals surface area contributed by atoms with Gasteiger partial charge in [-0.2, -0.15) is 0 Å². The largest absolute Gasteiger partial charge is 0.289 e. The summed E-state index contributed by atoms with van der Waals surface area (Å²) in [6, 6.07) is 11.3. The molecule has 0 unspecified atom stereocenters. The van der Waals surface area contributed by atoms with Crippen LogP contribution in [0.25, 0.3) is 0 Å². The number of benzene rings is 1. The number of carbonyl (C=O) groups is 1. The van der Waals surface area contributed by atoms with Crippen molar-refractivity contribution < 1.29 is 4.79 Å². The minimum absolute atomic E-state index is 0.0605. The van der Waals surface area contributed by atoms with Crippen LogP contribution in [-0.4, -0.2) is 10.8 Å². The second-order valence-electron chi connectivity index (χ2n) is 4.02. The van der Waals surface area contributed by atoms with E-state index in [-0.39, 0.29) is 5.78 Å². The molecule has 0 saturated carbocycles. The molecule has 2 nitrogen and oxygen atoms in total. The molecule has 1 heterocycles. The first-order valence-corrected chi connectivity index (χ1v) is 5.85. The highest BCUT2D eigenvalue weighted by molar-refractivity contribution is 6.08. The number of ketones is 1. The second kappa shape index (κ2) is 5.39. The Morgan fingerprint density at radius 2 is 1.88 bits per heavy atom. The molecule has 0 amide bonds. The highest BCUT2D eigenvalue weighted by Gasteiger charge is 2.08. The molecule has 0 spiro atoms. The molecule has 1 aromatic heterocycles. The van der Waals surface area contributed by atoms with E-state index in [2.05, 4.69) is 18.0 Å². The second-order valence-corrected chi connectivity index (χ2v) is 4.02. The van der Waals surface area contributed by atoms with Gasteiger partial charge in [0.15, 0.2) is 5.78 Å². The van der Waals surface area contributed by atoms with Crippen LogP contribution in [0.2, 0.25) is 0 Å². The van der Waals surface area contributed by atoms with Gasteiger partial charge in [-0.3, -0.25) is 9.78 Å². The van der Waals surface area contributed by atoms with Crippen molar-refractivity contribution in [1.82, 2.24) is 4.98 Å². The zero-order valence-electron chi connectivity index (χ0n) is 9.89. The summed E-state index contributed by atoms with van der Waals surface area (Å²) < 4.78 is 0. The van der Waals surface area contributed by atoms with Gasteiger partial charge in [-0.25, -0.2) is 0 Å². The van der Waals surface area contributed by atoms with Crippen molar-refractivity contribution >= 4 is 5.78 Å². The van der Waals surface area contributed by atoms with Crippen LogP contribution >= 0.6 is 0 Å². The maximum absolute atomic E-state index is 12.2. The van der Waals surface area contributed by atoms with Gasteiger partial charge < -0.3 is 0 Å². The normalized spacial score (nSPS) is 10.2. The summed E-state index contributed by atoms with van der Waals surface area (Å²) >= 11 is 0. The van der Waals surface area contributed by atoms with Gasteiger partial charge in [0, 0.05) is 23.5 Å². The lowest BCUT2D eigenvalue weighted by Crippen LogP contribution is -2.01. The molecule has 0 N–H and O–H groups in total. The third kappa shape index (κ3) is 2.78. The molecular formula is C15H15NO. The number of pyridine rings is 1. The monoisotopic (exact) mass is 225 g/mol. The fraction of sp³-hybridized carbons (Fsp3) is 0.200. The van der Waals surface area contributed by atoms with E-state index in [4.69, 9.17) is 0 Å². The third-order valence-corrected chi connectivity index (χ3v) is 2.67. The smallest absolute Gasteiger partial charge is 0.193 e. The van der Waals surface area contributed by atoms with Crippen LogP contribution in [0.1, 0.15) is 34.8 Å². The van der Waals surface area contributed by atoms with Crippen molar-refractivity contribution in [2.45, 2.75) is 19.8 Å².